The van der Waals surface area contributed by atoms with Crippen molar-refractivity contribution in [2.75, 3.05) is 18.5 Å². The van der Waals surface area contributed by atoms with Gasteiger partial charge in [0.1, 0.15) is 0 Å². The van der Waals surface area contributed by atoms with Crippen molar-refractivity contribution < 1.29 is 18.0 Å². The van der Waals surface area contributed by atoms with Gasteiger partial charge in [0.2, 0.25) is 21.8 Å². The minimum absolute atomic E-state index is 0.00225. The number of nitrogens with zero attached hydrogens (tertiary/aromatic N) is 2. The van der Waals surface area contributed by atoms with Gasteiger partial charge >= 0.3 is 0 Å². The number of carbonyl (C=O) groups is 2. The van der Waals surface area contributed by atoms with Crippen LogP contribution >= 0.6 is 11.6 Å². The molecule has 1 saturated carbocycles. The molecule has 1 aliphatic carbocycles. The zero-order valence-corrected chi connectivity index (χ0v) is 20.3. The highest BCUT2D eigenvalue weighted by Gasteiger charge is 2.37. The predicted octanol–water partition coefficient (Wildman–Crippen LogP) is 3.35. The third-order valence-corrected chi connectivity index (χ3v) is 8.49. The summed E-state index contributed by atoms with van der Waals surface area (Å²) in [7, 11) is -2.47. The molecule has 0 aromatic heterocycles. The Bertz CT molecular complexity index is 1160. The molecule has 1 heterocycles. The Labute approximate surface area is 199 Å². The number of anilines is 1. The first-order valence-electron chi connectivity index (χ1n) is 11.1. The molecule has 2 aromatic rings. The smallest absolute Gasteiger partial charge is 0.243 e. The van der Waals surface area contributed by atoms with Gasteiger partial charge in [-0.15, -0.1) is 0 Å². The number of halogens is 1. The third kappa shape index (κ3) is 4.93. The number of nitrogens with one attached hydrogen (secondary N) is 1. The van der Waals surface area contributed by atoms with Gasteiger partial charge in [0.25, 0.3) is 0 Å². The molecule has 176 valence electrons. The quantitative estimate of drug-likeness (QED) is 0.646. The molecule has 1 aliphatic heterocycles. The lowest BCUT2D eigenvalue weighted by Crippen LogP contribution is -2.42. The van der Waals surface area contributed by atoms with E-state index >= 15 is 0 Å². The molecule has 2 aromatic carbocycles. The van der Waals surface area contributed by atoms with Gasteiger partial charge in [0.05, 0.1) is 11.4 Å². The maximum absolute atomic E-state index is 13.1. The first-order valence-corrected chi connectivity index (χ1v) is 12.9. The molecule has 2 aliphatic rings. The lowest BCUT2D eigenvalue weighted by molar-refractivity contribution is -0.125. The molecule has 1 N–H and O–H groups in total. The molecule has 33 heavy (non-hydrogen) atoms. The number of benzene rings is 2. The van der Waals surface area contributed by atoms with Crippen LogP contribution in [-0.2, 0) is 32.6 Å². The SMILES string of the molecule is C[C@@H]1Cc2cc(S(=O)(=O)N(C)CC(=O)NCc3ccc(Cl)cc3)ccc2N1C(=O)C1CCC1. The van der Waals surface area contributed by atoms with Gasteiger partial charge in [0.15, 0.2) is 0 Å². The molecular weight excluding hydrogens is 462 g/mol. The molecule has 0 spiro atoms. The molecule has 0 bridgehead atoms. The Hall–Kier alpha value is -2.42. The lowest BCUT2D eigenvalue weighted by atomic mass is 9.84. The molecule has 7 nitrogen and oxygen atoms in total. The van der Waals surface area contributed by atoms with E-state index in [1.54, 1.807) is 36.4 Å². The minimum Gasteiger partial charge on any atom is -0.351 e. The summed E-state index contributed by atoms with van der Waals surface area (Å²) < 4.78 is 27.2. The third-order valence-electron chi connectivity index (χ3n) is 6.44. The second-order valence-electron chi connectivity index (χ2n) is 8.84. The van der Waals surface area contributed by atoms with Crippen LogP contribution in [0.3, 0.4) is 0 Å². The van der Waals surface area contributed by atoms with Gasteiger partial charge < -0.3 is 10.2 Å². The molecule has 1 fully saturated rings. The maximum atomic E-state index is 13.1. The second-order valence-corrected chi connectivity index (χ2v) is 11.3. The molecule has 1 atom stereocenters. The van der Waals surface area contributed by atoms with E-state index in [9.17, 15) is 18.0 Å². The molecular formula is C24H28ClN3O4S. The number of amides is 2. The highest BCUT2D eigenvalue weighted by atomic mass is 35.5. The number of rotatable bonds is 7. The number of fused-ring (bicyclic) bond motifs is 1. The van der Waals surface area contributed by atoms with Crippen molar-refractivity contribution in [1.82, 2.24) is 9.62 Å². The van der Waals surface area contributed by atoms with E-state index < -0.39 is 15.9 Å². The highest BCUT2D eigenvalue weighted by Crippen LogP contribution is 2.38. The van der Waals surface area contributed by atoms with Crippen LogP contribution in [0, 0.1) is 5.92 Å². The Morgan fingerprint density at radius 2 is 1.85 bits per heavy atom. The van der Waals surface area contributed by atoms with E-state index in [1.165, 1.54) is 13.1 Å². The second kappa shape index (κ2) is 9.44. The number of sulfonamides is 1. The fourth-order valence-electron chi connectivity index (χ4n) is 4.28. The topological polar surface area (TPSA) is 86.8 Å². The molecule has 0 radical (unpaired) electrons. The van der Waals surface area contributed by atoms with Gasteiger partial charge in [-0.05, 0) is 67.6 Å². The number of carbonyl (C=O) groups excluding carboxylic acids is 2. The number of likely N-dealkylation sites (N-methyl/N-ethyl adjacent to an activating group) is 1. The van der Waals surface area contributed by atoms with Gasteiger partial charge in [-0.1, -0.05) is 30.2 Å². The van der Waals surface area contributed by atoms with Crippen LogP contribution in [0.15, 0.2) is 47.4 Å². The van der Waals surface area contributed by atoms with E-state index in [1.807, 2.05) is 11.8 Å². The summed E-state index contributed by atoms with van der Waals surface area (Å²) >= 11 is 5.86. The standard InChI is InChI=1S/C24H28ClN3O4S/c1-16-12-19-13-21(10-11-22(19)28(16)24(30)18-4-3-5-18)33(31,32)27(2)15-23(29)26-14-17-6-8-20(25)9-7-17/h6-11,13,16,18H,3-5,12,14-15H2,1-2H3,(H,26,29)/t16-/m1/s1. The summed E-state index contributed by atoms with van der Waals surface area (Å²) in [4.78, 5) is 27.1. The van der Waals surface area contributed by atoms with Crippen LogP contribution in [0.5, 0.6) is 0 Å². The molecule has 0 saturated heterocycles. The Morgan fingerprint density at radius 1 is 1.15 bits per heavy atom. The van der Waals surface area contributed by atoms with E-state index in [0.717, 1.165) is 40.4 Å². The van der Waals surface area contributed by atoms with Crippen molar-refractivity contribution in [2.24, 2.45) is 5.92 Å². The van der Waals surface area contributed by atoms with Crippen LogP contribution in [0.1, 0.15) is 37.3 Å². The van der Waals surface area contributed by atoms with Crippen LogP contribution < -0.4 is 10.2 Å². The Morgan fingerprint density at radius 3 is 2.48 bits per heavy atom. The van der Waals surface area contributed by atoms with Gasteiger partial charge in [-0.25, -0.2) is 8.42 Å². The average Bonchev–Trinajstić information content (AvgIpc) is 3.06. The number of hydrogen-bond donors (Lipinski definition) is 1. The number of hydrogen-bond acceptors (Lipinski definition) is 4. The van der Waals surface area contributed by atoms with Crippen LogP contribution in [0.4, 0.5) is 5.69 Å². The van der Waals surface area contributed by atoms with Gasteiger partial charge in [0, 0.05) is 36.3 Å². The van der Waals surface area contributed by atoms with Crippen molar-refractivity contribution in [3.05, 3.63) is 58.6 Å². The Kier molecular flexibility index (Phi) is 6.79. The average molecular weight is 490 g/mol. The van der Waals surface area contributed by atoms with Crippen LogP contribution in [0.2, 0.25) is 5.02 Å². The van der Waals surface area contributed by atoms with E-state index in [2.05, 4.69) is 5.32 Å². The molecule has 0 unspecified atom stereocenters. The maximum Gasteiger partial charge on any atom is 0.243 e. The molecule has 4 rings (SSSR count). The van der Waals surface area contributed by atoms with Crippen LogP contribution in [-0.4, -0.2) is 44.2 Å². The molecule has 9 heteroatoms. The fourth-order valence-corrected chi connectivity index (χ4v) is 5.59. The largest absolute Gasteiger partial charge is 0.351 e. The van der Waals surface area contributed by atoms with Crippen molar-refractivity contribution in [3.8, 4) is 0 Å². The van der Waals surface area contributed by atoms with E-state index in [0.29, 0.717) is 11.4 Å². The zero-order valence-electron chi connectivity index (χ0n) is 18.8. The van der Waals surface area contributed by atoms with Crippen molar-refractivity contribution in [3.63, 3.8) is 0 Å². The first-order chi connectivity index (χ1) is 15.7. The highest BCUT2D eigenvalue weighted by molar-refractivity contribution is 7.89. The van der Waals surface area contributed by atoms with Crippen molar-refractivity contribution >= 4 is 39.1 Å². The summed E-state index contributed by atoms with van der Waals surface area (Å²) in [6.07, 6.45) is 3.55. The van der Waals surface area contributed by atoms with E-state index in [-0.39, 0.29) is 35.9 Å². The van der Waals surface area contributed by atoms with Crippen molar-refractivity contribution in [2.45, 2.75) is 50.1 Å². The summed E-state index contributed by atoms with van der Waals surface area (Å²) in [6.45, 7) is 1.98. The summed E-state index contributed by atoms with van der Waals surface area (Å²) in [5, 5.41) is 3.33. The van der Waals surface area contributed by atoms with Gasteiger partial charge in [-0.2, -0.15) is 4.31 Å². The Balaban J connectivity index is 1.42. The lowest BCUT2D eigenvalue weighted by Gasteiger charge is -2.32. The summed E-state index contributed by atoms with van der Waals surface area (Å²) in [6, 6.07) is 11.9. The first kappa shape index (κ1) is 23.7. The van der Waals surface area contributed by atoms with Crippen LogP contribution in [0.25, 0.3) is 0 Å². The normalized spacial score (nSPS) is 18.2. The monoisotopic (exact) mass is 489 g/mol. The van der Waals surface area contributed by atoms with Crippen molar-refractivity contribution in [1.29, 1.82) is 0 Å². The predicted molar refractivity (Wildman–Crippen MR) is 128 cm³/mol. The van der Waals surface area contributed by atoms with Gasteiger partial charge in [-0.3, -0.25) is 9.59 Å². The minimum atomic E-state index is -3.86. The fraction of sp³-hybridized carbons (Fsp3) is 0.417. The summed E-state index contributed by atoms with van der Waals surface area (Å²) in [5.74, 6) is -0.181. The van der Waals surface area contributed by atoms with E-state index in [4.69, 9.17) is 11.6 Å². The zero-order chi connectivity index (χ0) is 23.8. The summed E-state index contributed by atoms with van der Waals surface area (Å²) in [5.41, 5.74) is 2.51. The molecule has 2 amide bonds.